The second kappa shape index (κ2) is 7.88. The average Bonchev–Trinajstić information content (AvgIpc) is 2.76. The van der Waals surface area contributed by atoms with Crippen LogP contribution >= 0.6 is 0 Å². The number of fused-ring (bicyclic) bond motifs is 2. The van der Waals surface area contributed by atoms with Crippen LogP contribution in [0.25, 0.3) is 0 Å². The Kier molecular flexibility index (Phi) is 6.15. The van der Waals surface area contributed by atoms with Crippen molar-refractivity contribution >= 4 is 11.7 Å². The molecule has 5 heteroatoms. The Morgan fingerprint density at radius 2 is 1.91 bits per heavy atom. The molecule has 2 aliphatic heterocycles. The fourth-order valence-corrected chi connectivity index (χ4v) is 3.05. The van der Waals surface area contributed by atoms with Crippen LogP contribution in [0.15, 0.2) is 12.2 Å². The van der Waals surface area contributed by atoms with Crippen LogP contribution in [0.5, 0.6) is 0 Å². The number of carbonyl (C=O) groups is 2. The Morgan fingerprint density at radius 1 is 1.27 bits per heavy atom. The highest BCUT2D eigenvalue weighted by Crippen LogP contribution is 2.26. The molecule has 1 amide bonds. The van der Waals surface area contributed by atoms with E-state index in [0.29, 0.717) is 25.4 Å². The van der Waals surface area contributed by atoms with E-state index in [1.807, 2.05) is 36.8 Å². The molecule has 0 aromatic rings. The molecule has 2 aliphatic rings. The van der Waals surface area contributed by atoms with Crippen molar-refractivity contribution in [3.8, 4) is 0 Å². The number of hydrogen-bond donors (Lipinski definition) is 0. The Bertz CT molecular complexity index is 422. The molecule has 0 spiro atoms. The normalized spacial score (nSPS) is 24.7. The summed E-state index contributed by atoms with van der Waals surface area (Å²) in [5.41, 5.74) is 0. The van der Waals surface area contributed by atoms with Gasteiger partial charge in [0.15, 0.2) is 5.78 Å². The second-order valence-corrected chi connectivity index (χ2v) is 6.92. The predicted molar refractivity (Wildman–Crippen MR) is 85.6 cm³/mol. The molecule has 0 saturated carbocycles. The van der Waals surface area contributed by atoms with Crippen LogP contribution in [-0.4, -0.2) is 66.9 Å². The number of nitrogens with zero attached hydrogens (tertiary/aromatic N) is 2. The van der Waals surface area contributed by atoms with E-state index in [2.05, 4.69) is 0 Å². The van der Waals surface area contributed by atoms with Crippen LogP contribution in [0.3, 0.4) is 0 Å². The number of likely N-dealkylation sites (tertiary alicyclic amines) is 1. The van der Waals surface area contributed by atoms with Gasteiger partial charge in [0, 0.05) is 26.1 Å². The number of rotatable bonds is 7. The molecule has 2 unspecified atom stereocenters. The number of ether oxygens (including phenoxy) is 1. The van der Waals surface area contributed by atoms with Gasteiger partial charge in [0.05, 0.1) is 18.8 Å². The molecular formula is C17H28N2O3. The van der Waals surface area contributed by atoms with Gasteiger partial charge in [-0.25, -0.2) is 0 Å². The number of ketones is 1. The van der Waals surface area contributed by atoms with Gasteiger partial charge in [-0.05, 0) is 31.9 Å². The SMILES string of the molecule is CC(C)CC(=O)/C=C/CN(C)CC(=O)N1CC2CCC(C1)O2. The number of amides is 1. The van der Waals surface area contributed by atoms with Crippen molar-refractivity contribution in [1.29, 1.82) is 0 Å². The zero-order valence-corrected chi connectivity index (χ0v) is 14.0. The minimum Gasteiger partial charge on any atom is -0.371 e. The maximum atomic E-state index is 12.3. The van der Waals surface area contributed by atoms with E-state index in [-0.39, 0.29) is 23.9 Å². The molecule has 2 fully saturated rings. The van der Waals surface area contributed by atoms with Gasteiger partial charge in [-0.1, -0.05) is 19.9 Å². The largest absolute Gasteiger partial charge is 0.371 e. The van der Waals surface area contributed by atoms with Crippen molar-refractivity contribution in [1.82, 2.24) is 9.80 Å². The quantitative estimate of drug-likeness (QED) is 0.669. The standard InChI is InChI=1S/C17H28N2O3/c1-13(2)9-14(20)5-4-8-18(3)12-17(21)19-10-15-6-7-16(11-19)22-15/h4-5,13,15-16H,6-12H2,1-3H3/b5-4+. The van der Waals surface area contributed by atoms with Crippen molar-refractivity contribution in [2.45, 2.75) is 45.3 Å². The molecule has 124 valence electrons. The fraction of sp³-hybridized carbons (Fsp3) is 0.765. The van der Waals surface area contributed by atoms with Gasteiger partial charge < -0.3 is 9.64 Å². The third kappa shape index (κ3) is 5.21. The third-order valence-corrected chi connectivity index (χ3v) is 4.13. The lowest BCUT2D eigenvalue weighted by molar-refractivity contribution is -0.140. The fourth-order valence-electron chi connectivity index (χ4n) is 3.05. The summed E-state index contributed by atoms with van der Waals surface area (Å²) in [4.78, 5) is 27.8. The molecular weight excluding hydrogens is 280 g/mol. The molecule has 2 rings (SSSR count). The van der Waals surface area contributed by atoms with Crippen molar-refractivity contribution in [2.75, 3.05) is 33.2 Å². The molecule has 2 saturated heterocycles. The summed E-state index contributed by atoms with van der Waals surface area (Å²) >= 11 is 0. The third-order valence-electron chi connectivity index (χ3n) is 4.13. The van der Waals surface area contributed by atoms with Crippen LogP contribution in [-0.2, 0) is 14.3 Å². The minimum atomic E-state index is 0.152. The topological polar surface area (TPSA) is 49.9 Å². The molecule has 0 radical (unpaired) electrons. The Balaban J connectivity index is 1.70. The van der Waals surface area contributed by atoms with Crippen molar-refractivity contribution in [3.63, 3.8) is 0 Å². The van der Waals surface area contributed by atoms with E-state index in [0.717, 1.165) is 25.9 Å². The minimum absolute atomic E-state index is 0.152. The number of morpholine rings is 1. The first-order valence-corrected chi connectivity index (χ1v) is 8.25. The van der Waals surface area contributed by atoms with Gasteiger partial charge in [0.1, 0.15) is 0 Å². The zero-order valence-electron chi connectivity index (χ0n) is 14.0. The lowest BCUT2D eigenvalue weighted by atomic mass is 10.1. The van der Waals surface area contributed by atoms with E-state index in [4.69, 9.17) is 4.74 Å². The van der Waals surface area contributed by atoms with Gasteiger partial charge in [0.2, 0.25) is 5.91 Å². The lowest BCUT2D eigenvalue weighted by Gasteiger charge is -2.33. The highest BCUT2D eigenvalue weighted by Gasteiger charge is 2.35. The van der Waals surface area contributed by atoms with Gasteiger partial charge >= 0.3 is 0 Å². The first-order valence-electron chi connectivity index (χ1n) is 8.25. The van der Waals surface area contributed by atoms with E-state index < -0.39 is 0 Å². The molecule has 2 heterocycles. The molecule has 2 bridgehead atoms. The highest BCUT2D eigenvalue weighted by molar-refractivity contribution is 5.89. The second-order valence-electron chi connectivity index (χ2n) is 6.92. The van der Waals surface area contributed by atoms with Crippen LogP contribution in [0.4, 0.5) is 0 Å². The van der Waals surface area contributed by atoms with Gasteiger partial charge in [-0.3, -0.25) is 14.5 Å². The summed E-state index contributed by atoms with van der Waals surface area (Å²) < 4.78 is 5.75. The van der Waals surface area contributed by atoms with E-state index >= 15 is 0 Å². The molecule has 22 heavy (non-hydrogen) atoms. The molecule has 5 nitrogen and oxygen atoms in total. The van der Waals surface area contributed by atoms with Gasteiger partial charge in [-0.15, -0.1) is 0 Å². The molecule has 0 aromatic carbocycles. The van der Waals surface area contributed by atoms with Crippen molar-refractivity contribution in [2.24, 2.45) is 5.92 Å². The monoisotopic (exact) mass is 308 g/mol. The number of carbonyl (C=O) groups excluding carboxylic acids is 2. The maximum Gasteiger partial charge on any atom is 0.236 e. The van der Waals surface area contributed by atoms with Gasteiger partial charge in [-0.2, -0.15) is 0 Å². The number of hydrogen-bond acceptors (Lipinski definition) is 4. The summed E-state index contributed by atoms with van der Waals surface area (Å²) in [6.45, 7) is 6.53. The number of allylic oxidation sites excluding steroid dienone is 1. The number of likely N-dealkylation sites (N-methyl/N-ethyl adjacent to an activating group) is 1. The predicted octanol–water partition coefficient (Wildman–Crippen LogP) is 1.48. The Labute approximate surface area is 133 Å². The highest BCUT2D eigenvalue weighted by atomic mass is 16.5. The first kappa shape index (κ1) is 17.2. The van der Waals surface area contributed by atoms with Crippen molar-refractivity contribution < 1.29 is 14.3 Å². The lowest BCUT2D eigenvalue weighted by Crippen LogP contribution is -2.48. The van der Waals surface area contributed by atoms with E-state index in [1.165, 1.54) is 0 Å². The van der Waals surface area contributed by atoms with E-state index in [9.17, 15) is 9.59 Å². The smallest absolute Gasteiger partial charge is 0.236 e. The van der Waals surface area contributed by atoms with Gasteiger partial charge in [0.25, 0.3) is 0 Å². The van der Waals surface area contributed by atoms with Crippen molar-refractivity contribution in [3.05, 3.63) is 12.2 Å². The molecule has 0 N–H and O–H groups in total. The zero-order chi connectivity index (χ0) is 16.1. The Morgan fingerprint density at radius 3 is 2.50 bits per heavy atom. The summed E-state index contributed by atoms with van der Waals surface area (Å²) in [6, 6.07) is 0. The van der Waals surface area contributed by atoms with Crippen LogP contribution < -0.4 is 0 Å². The van der Waals surface area contributed by atoms with Crippen LogP contribution in [0.2, 0.25) is 0 Å². The van der Waals surface area contributed by atoms with Crippen LogP contribution in [0, 0.1) is 5.92 Å². The van der Waals surface area contributed by atoms with Crippen LogP contribution in [0.1, 0.15) is 33.1 Å². The van der Waals surface area contributed by atoms with E-state index in [1.54, 1.807) is 6.08 Å². The first-order chi connectivity index (χ1) is 10.4. The Hall–Kier alpha value is -1.20. The summed E-state index contributed by atoms with van der Waals surface area (Å²) in [5, 5.41) is 0. The molecule has 0 aliphatic carbocycles. The summed E-state index contributed by atoms with van der Waals surface area (Å²) in [6.07, 6.45) is 6.69. The maximum absolute atomic E-state index is 12.3. The average molecular weight is 308 g/mol. The summed E-state index contributed by atoms with van der Waals surface area (Å²) in [7, 11) is 1.91. The molecule has 2 atom stereocenters. The summed E-state index contributed by atoms with van der Waals surface area (Å²) in [5.74, 6) is 0.692. The molecule has 0 aromatic heterocycles.